The second kappa shape index (κ2) is 4.94. The molecule has 0 heterocycles. The van der Waals surface area contributed by atoms with Crippen LogP contribution in [0.5, 0.6) is 0 Å². The van der Waals surface area contributed by atoms with Gasteiger partial charge in [0, 0.05) is 13.1 Å². The molecule has 0 bridgehead atoms. The highest BCUT2D eigenvalue weighted by molar-refractivity contribution is 5.21. The van der Waals surface area contributed by atoms with Crippen LogP contribution in [-0.4, -0.2) is 18.2 Å². The van der Waals surface area contributed by atoms with Gasteiger partial charge in [-0.15, -0.1) is 6.58 Å². The lowest BCUT2D eigenvalue weighted by atomic mass is 9.96. The molecule has 14 heavy (non-hydrogen) atoms. The predicted molar refractivity (Wildman–Crippen MR) is 59.1 cm³/mol. The first-order chi connectivity index (χ1) is 6.67. The van der Waals surface area contributed by atoms with E-state index in [-0.39, 0.29) is 0 Å². The molecular weight excluding hydrogens is 174 g/mol. The van der Waals surface area contributed by atoms with E-state index in [2.05, 4.69) is 11.9 Å². The van der Waals surface area contributed by atoms with E-state index in [9.17, 15) is 5.11 Å². The molecule has 0 saturated heterocycles. The fraction of sp³-hybridized carbons (Fsp3) is 0.333. The summed E-state index contributed by atoms with van der Waals surface area (Å²) in [5.74, 6) is 0. The summed E-state index contributed by atoms with van der Waals surface area (Å²) >= 11 is 0. The summed E-state index contributed by atoms with van der Waals surface area (Å²) in [5, 5.41) is 13.2. The molecule has 1 rings (SSSR count). The summed E-state index contributed by atoms with van der Waals surface area (Å²) in [5.41, 5.74) is 0.112. The third kappa shape index (κ3) is 2.98. The second-order valence-electron chi connectivity index (χ2n) is 3.56. The molecule has 1 aromatic rings. The first-order valence-electron chi connectivity index (χ1n) is 4.76. The van der Waals surface area contributed by atoms with Crippen LogP contribution in [0.1, 0.15) is 12.5 Å². The number of nitrogens with one attached hydrogen (secondary N) is 1. The maximum atomic E-state index is 10.1. The molecule has 1 unspecified atom stereocenters. The number of aliphatic hydroxyl groups is 1. The van der Waals surface area contributed by atoms with Gasteiger partial charge in [-0.1, -0.05) is 36.4 Å². The Morgan fingerprint density at radius 1 is 1.43 bits per heavy atom. The van der Waals surface area contributed by atoms with Crippen LogP contribution < -0.4 is 5.32 Å². The van der Waals surface area contributed by atoms with Crippen molar-refractivity contribution in [1.82, 2.24) is 5.32 Å². The molecule has 76 valence electrons. The SMILES string of the molecule is C=CCNCC(C)(O)c1ccccc1. The van der Waals surface area contributed by atoms with Crippen molar-refractivity contribution in [2.24, 2.45) is 0 Å². The minimum Gasteiger partial charge on any atom is -0.384 e. The van der Waals surface area contributed by atoms with Gasteiger partial charge in [-0.3, -0.25) is 0 Å². The van der Waals surface area contributed by atoms with Gasteiger partial charge in [0.25, 0.3) is 0 Å². The van der Waals surface area contributed by atoms with Crippen LogP contribution in [-0.2, 0) is 5.60 Å². The number of hydrogen-bond acceptors (Lipinski definition) is 2. The molecule has 0 saturated carbocycles. The zero-order valence-electron chi connectivity index (χ0n) is 8.53. The molecule has 2 N–H and O–H groups in total. The van der Waals surface area contributed by atoms with Gasteiger partial charge in [0.05, 0.1) is 5.60 Å². The topological polar surface area (TPSA) is 32.3 Å². The van der Waals surface area contributed by atoms with Crippen LogP contribution in [0.4, 0.5) is 0 Å². The summed E-state index contributed by atoms with van der Waals surface area (Å²) in [6.07, 6.45) is 1.78. The van der Waals surface area contributed by atoms with Crippen molar-refractivity contribution in [3.63, 3.8) is 0 Å². The van der Waals surface area contributed by atoms with Crippen molar-refractivity contribution in [2.45, 2.75) is 12.5 Å². The average molecular weight is 191 g/mol. The van der Waals surface area contributed by atoms with E-state index in [0.29, 0.717) is 13.1 Å². The van der Waals surface area contributed by atoms with Gasteiger partial charge >= 0.3 is 0 Å². The molecule has 0 amide bonds. The normalized spacial score (nSPS) is 14.7. The zero-order chi connectivity index (χ0) is 10.4. The third-order valence-corrected chi connectivity index (χ3v) is 2.15. The number of rotatable bonds is 5. The summed E-state index contributed by atoms with van der Waals surface area (Å²) in [4.78, 5) is 0. The maximum Gasteiger partial charge on any atom is 0.0992 e. The van der Waals surface area contributed by atoms with Crippen molar-refractivity contribution in [1.29, 1.82) is 0 Å². The van der Waals surface area contributed by atoms with Crippen molar-refractivity contribution in [3.8, 4) is 0 Å². The highest BCUT2D eigenvalue weighted by atomic mass is 16.3. The Morgan fingerprint density at radius 3 is 2.64 bits per heavy atom. The predicted octanol–water partition coefficient (Wildman–Crippen LogP) is 1.67. The first-order valence-corrected chi connectivity index (χ1v) is 4.76. The fourth-order valence-corrected chi connectivity index (χ4v) is 1.32. The van der Waals surface area contributed by atoms with Gasteiger partial charge in [0.2, 0.25) is 0 Å². The molecule has 2 heteroatoms. The van der Waals surface area contributed by atoms with Crippen LogP contribution >= 0.6 is 0 Å². The van der Waals surface area contributed by atoms with Gasteiger partial charge in [-0.25, -0.2) is 0 Å². The second-order valence-corrected chi connectivity index (χ2v) is 3.56. The Kier molecular flexibility index (Phi) is 3.86. The highest BCUT2D eigenvalue weighted by Crippen LogP contribution is 2.18. The number of hydrogen-bond donors (Lipinski definition) is 2. The Labute approximate surface area is 85.3 Å². The van der Waals surface area contributed by atoms with Gasteiger partial charge in [-0.05, 0) is 12.5 Å². The van der Waals surface area contributed by atoms with E-state index in [0.717, 1.165) is 5.56 Å². The Bertz CT molecular complexity index is 280. The molecular formula is C12H17NO. The van der Waals surface area contributed by atoms with Gasteiger partial charge in [-0.2, -0.15) is 0 Å². The molecule has 2 nitrogen and oxygen atoms in total. The Morgan fingerprint density at radius 2 is 2.07 bits per heavy atom. The average Bonchev–Trinajstić information content (AvgIpc) is 2.19. The van der Waals surface area contributed by atoms with Crippen LogP contribution in [0.15, 0.2) is 43.0 Å². The standard InChI is InChI=1S/C12H17NO/c1-3-9-13-10-12(2,14)11-7-5-4-6-8-11/h3-8,13-14H,1,9-10H2,2H3. The third-order valence-electron chi connectivity index (χ3n) is 2.15. The van der Waals surface area contributed by atoms with E-state index in [1.54, 1.807) is 13.0 Å². The quantitative estimate of drug-likeness (QED) is 0.548. The van der Waals surface area contributed by atoms with Crippen LogP contribution in [0.3, 0.4) is 0 Å². The summed E-state index contributed by atoms with van der Waals surface area (Å²) < 4.78 is 0. The smallest absolute Gasteiger partial charge is 0.0992 e. The van der Waals surface area contributed by atoms with Crippen LogP contribution in [0.2, 0.25) is 0 Å². The Hall–Kier alpha value is -1.12. The van der Waals surface area contributed by atoms with Crippen molar-refractivity contribution < 1.29 is 5.11 Å². The first kappa shape index (κ1) is 11.0. The van der Waals surface area contributed by atoms with Crippen molar-refractivity contribution >= 4 is 0 Å². The van der Waals surface area contributed by atoms with Gasteiger partial charge < -0.3 is 10.4 Å². The maximum absolute atomic E-state index is 10.1. The lowest BCUT2D eigenvalue weighted by molar-refractivity contribution is 0.0581. The molecule has 0 aliphatic carbocycles. The van der Waals surface area contributed by atoms with E-state index in [1.165, 1.54) is 0 Å². The molecule has 0 aliphatic rings. The molecule has 0 radical (unpaired) electrons. The largest absolute Gasteiger partial charge is 0.384 e. The summed E-state index contributed by atoms with van der Waals surface area (Å²) in [7, 11) is 0. The van der Waals surface area contributed by atoms with Crippen LogP contribution in [0, 0.1) is 0 Å². The molecule has 0 aliphatic heterocycles. The zero-order valence-corrected chi connectivity index (χ0v) is 8.53. The molecule has 1 atom stereocenters. The lowest BCUT2D eigenvalue weighted by Crippen LogP contribution is -2.35. The highest BCUT2D eigenvalue weighted by Gasteiger charge is 2.21. The van der Waals surface area contributed by atoms with E-state index in [1.807, 2.05) is 30.3 Å². The van der Waals surface area contributed by atoms with E-state index < -0.39 is 5.60 Å². The summed E-state index contributed by atoms with van der Waals surface area (Å²) in [6.45, 7) is 6.65. The van der Waals surface area contributed by atoms with Crippen LogP contribution in [0.25, 0.3) is 0 Å². The summed E-state index contributed by atoms with van der Waals surface area (Å²) in [6, 6.07) is 9.65. The number of benzene rings is 1. The van der Waals surface area contributed by atoms with Gasteiger partial charge in [0.15, 0.2) is 0 Å². The minimum absolute atomic E-state index is 0.531. The van der Waals surface area contributed by atoms with E-state index >= 15 is 0 Å². The van der Waals surface area contributed by atoms with Crippen molar-refractivity contribution in [3.05, 3.63) is 48.6 Å². The monoisotopic (exact) mass is 191 g/mol. The van der Waals surface area contributed by atoms with Crippen molar-refractivity contribution in [2.75, 3.05) is 13.1 Å². The minimum atomic E-state index is -0.815. The fourth-order valence-electron chi connectivity index (χ4n) is 1.32. The molecule has 0 spiro atoms. The van der Waals surface area contributed by atoms with Gasteiger partial charge in [0.1, 0.15) is 0 Å². The molecule has 0 fully saturated rings. The lowest BCUT2D eigenvalue weighted by Gasteiger charge is -2.23. The molecule has 1 aromatic carbocycles. The Balaban J connectivity index is 2.61. The molecule has 0 aromatic heterocycles. The van der Waals surface area contributed by atoms with E-state index in [4.69, 9.17) is 0 Å².